The van der Waals surface area contributed by atoms with Gasteiger partial charge in [-0.05, 0) is 32.0 Å². The van der Waals surface area contributed by atoms with Crippen LogP contribution in [0.15, 0.2) is 24.3 Å². The summed E-state index contributed by atoms with van der Waals surface area (Å²) in [6.45, 7) is 4.37. The van der Waals surface area contributed by atoms with Gasteiger partial charge < -0.3 is 10.2 Å². The minimum Gasteiger partial charge on any atom is -0.352 e. The van der Waals surface area contributed by atoms with Crippen LogP contribution in [-0.2, 0) is 15.8 Å². The molecule has 21 heavy (non-hydrogen) atoms. The predicted octanol–water partition coefficient (Wildman–Crippen LogP) is 2.58. The molecule has 0 atom stereocenters. The number of amides is 2. The first-order valence-corrected chi connectivity index (χ1v) is 6.36. The molecule has 1 rings (SSSR count). The van der Waals surface area contributed by atoms with E-state index in [1.807, 2.05) is 0 Å². The second-order valence-corrected chi connectivity index (χ2v) is 4.88. The van der Waals surface area contributed by atoms with Crippen LogP contribution in [0.3, 0.4) is 0 Å². The first-order chi connectivity index (χ1) is 9.61. The first-order valence-electron chi connectivity index (χ1n) is 6.36. The Kier molecular flexibility index (Phi) is 5.34. The molecule has 0 saturated heterocycles. The van der Waals surface area contributed by atoms with E-state index in [9.17, 15) is 22.8 Å². The van der Waals surface area contributed by atoms with Crippen molar-refractivity contribution >= 4 is 17.5 Å². The van der Waals surface area contributed by atoms with E-state index >= 15 is 0 Å². The Labute approximate surface area is 120 Å². The van der Waals surface area contributed by atoms with Gasteiger partial charge in [-0.2, -0.15) is 13.2 Å². The number of nitrogens with one attached hydrogen (secondary N) is 1. The summed E-state index contributed by atoms with van der Waals surface area (Å²) in [6.07, 6.45) is -4.50. The third-order valence-corrected chi connectivity index (χ3v) is 2.62. The molecule has 0 radical (unpaired) electrons. The lowest BCUT2D eigenvalue weighted by molar-refractivity contribution is -0.137. The number of carbonyl (C=O) groups excluding carboxylic acids is 2. The number of anilines is 1. The molecule has 1 aromatic rings. The number of rotatable bonds is 4. The quantitative estimate of drug-likeness (QED) is 0.929. The summed E-state index contributed by atoms with van der Waals surface area (Å²) in [7, 11) is 0. The van der Waals surface area contributed by atoms with Crippen molar-refractivity contribution in [2.45, 2.75) is 33.0 Å². The van der Waals surface area contributed by atoms with E-state index in [0.717, 1.165) is 17.0 Å². The molecule has 0 aliphatic rings. The molecule has 0 fully saturated rings. The number of alkyl halides is 3. The maximum absolute atomic E-state index is 12.7. The average molecular weight is 302 g/mol. The second-order valence-electron chi connectivity index (χ2n) is 4.88. The first kappa shape index (κ1) is 17.0. The van der Waals surface area contributed by atoms with Gasteiger partial charge in [0, 0.05) is 18.7 Å². The molecule has 7 heteroatoms. The zero-order valence-corrected chi connectivity index (χ0v) is 12.0. The lowest BCUT2D eigenvalue weighted by atomic mass is 10.1. The van der Waals surface area contributed by atoms with Crippen molar-refractivity contribution < 1.29 is 22.8 Å². The maximum atomic E-state index is 12.7. The largest absolute Gasteiger partial charge is 0.416 e. The molecule has 0 bridgehead atoms. The van der Waals surface area contributed by atoms with Gasteiger partial charge in [-0.3, -0.25) is 9.59 Å². The summed E-state index contributed by atoms with van der Waals surface area (Å²) in [6, 6.07) is 4.21. The lowest BCUT2D eigenvalue weighted by Gasteiger charge is -2.22. The molecule has 1 N–H and O–H groups in total. The molecular formula is C14H17F3N2O2. The standard InChI is InChI=1S/C14H17F3N2O2/c1-9(2)18-13(21)8-19(10(3)20)12-6-4-5-11(7-12)14(15,16)17/h4-7,9H,8H2,1-3H3,(H,18,21). The number of benzene rings is 1. The van der Waals surface area contributed by atoms with Gasteiger partial charge in [0.1, 0.15) is 6.54 Å². The summed E-state index contributed by atoms with van der Waals surface area (Å²) < 4.78 is 38.1. The zero-order chi connectivity index (χ0) is 16.2. The predicted molar refractivity (Wildman–Crippen MR) is 72.7 cm³/mol. The van der Waals surface area contributed by atoms with Crippen LogP contribution in [0.4, 0.5) is 18.9 Å². The van der Waals surface area contributed by atoms with Crippen LogP contribution in [0.2, 0.25) is 0 Å². The van der Waals surface area contributed by atoms with Gasteiger partial charge in [-0.25, -0.2) is 0 Å². The van der Waals surface area contributed by atoms with Gasteiger partial charge in [0.05, 0.1) is 5.56 Å². The molecule has 0 aliphatic carbocycles. The highest BCUT2D eigenvalue weighted by atomic mass is 19.4. The molecule has 1 aromatic carbocycles. The highest BCUT2D eigenvalue weighted by Crippen LogP contribution is 2.31. The van der Waals surface area contributed by atoms with Crippen molar-refractivity contribution in [1.29, 1.82) is 0 Å². The van der Waals surface area contributed by atoms with E-state index in [1.54, 1.807) is 13.8 Å². The minimum absolute atomic E-state index is 0.0382. The van der Waals surface area contributed by atoms with Crippen LogP contribution in [0.1, 0.15) is 26.3 Å². The molecule has 0 heterocycles. The Morgan fingerprint density at radius 2 is 1.90 bits per heavy atom. The summed E-state index contributed by atoms with van der Waals surface area (Å²) in [5.74, 6) is -0.939. The van der Waals surface area contributed by atoms with Crippen LogP contribution in [0.25, 0.3) is 0 Å². The molecule has 0 spiro atoms. The second kappa shape index (κ2) is 6.60. The fourth-order valence-electron chi connectivity index (χ4n) is 1.75. The molecule has 0 aromatic heterocycles. The topological polar surface area (TPSA) is 49.4 Å². The molecule has 2 amide bonds. The molecule has 0 aliphatic heterocycles. The Morgan fingerprint density at radius 3 is 2.38 bits per heavy atom. The zero-order valence-electron chi connectivity index (χ0n) is 12.0. The van der Waals surface area contributed by atoms with Crippen molar-refractivity contribution in [3.63, 3.8) is 0 Å². The monoisotopic (exact) mass is 302 g/mol. The number of nitrogens with zero attached hydrogens (tertiary/aromatic N) is 1. The van der Waals surface area contributed by atoms with Gasteiger partial charge in [0.25, 0.3) is 0 Å². The summed E-state index contributed by atoms with van der Waals surface area (Å²) in [4.78, 5) is 24.3. The van der Waals surface area contributed by atoms with Gasteiger partial charge in [-0.15, -0.1) is 0 Å². The van der Waals surface area contributed by atoms with Crippen molar-refractivity contribution in [1.82, 2.24) is 5.32 Å². The molecule has 0 unspecified atom stereocenters. The van der Waals surface area contributed by atoms with E-state index < -0.39 is 23.6 Å². The maximum Gasteiger partial charge on any atom is 0.416 e. The van der Waals surface area contributed by atoms with E-state index in [4.69, 9.17) is 0 Å². The molecule has 0 saturated carbocycles. The van der Waals surface area contributed by atoms with Crippen LogP contribution < -0.4 is 10.2 Å². The molecule has 116 valence electrons. The summed E-state index contributed by atoms with van der Waals surface area (Å²) >= 11 is 0. The fourth-order valence-corrected chi connectivity index (χ4v) is 1.75. The number of carbonyl (C=O) groups is 2. The highest BCUT2D eigenvalue weighted by molar-refractivity contribution is 5.97. The Bertz CT molecular complexity index is 527. The van der Waals surface area contributed by atoms with E-state index in [1.165, 1.54) is 19.1 Å². The SMILES string of the molecule is CC(=O)N(CC(=O)NC(C)C)c1cccc(C(F)(F)F)c1. The third kappa shape index (κ3) is 5.09. The number of hydrogen-bond acceptors (Lipinski definition) is 2. The van der Waals surface area contributed by atoms with E-state index in [2.05, 4.69) is 5.32 Å². The number of hydrogen-bond donors (Lipinski definition) is 1. The average Bonchev–Trinajstić information content (AvgIpc) is 2.34. The van der Waals surface area contributed by atoms with Crippen LogP contribution in [0.5, 0.6) is 0 Å². The summed E-state index contributed by atoms with van der Waals surface area (Å²) in [5, 5.41) is 2.59. The third-order valence-electron chi connectivity index (χ3n) is 2.62. The molecule has 4 nitrogen and oxygen atoms in total. The van der Waals surface area contributed by atoms with Gasteiger partial charge in [0.2, 0.25) is 11.8 Å². The van der Waals surface area contributed by atoms with E-state index in [0.29, 0.717) is 0 Å². The Balaban J connectivity index is 3.01. The normalized spacial score (nSPS) is 11.4. The van der Waals surface area contributed by atoms with Crippen molar-refractivity contribution in [3.8, 4) is 0 Å². The smallest absolute Gasteiger partial charge is 0.352 e. The lowest BCUT2D eigenvalue weighted by Crippen LogP contribution is -2.42. The van der Waals surface area contributed by atoms with E-state index in [-0.39, 0.29) is 18.3 Å². The highest BCUT2D eigenvalue weighted by Gasteiger charge is 2.31. The minimum atomic E-state index is -4.50. The van der Waals surface area contributed by atoms with Crippen LogP contribution in [-0.4, -0.2) is 24.4 Å². The van der Waals surface area contributed by atoms with Crippen molar-refractivity contribution in [3.05, 3.63) is 29.8 Å². The van der Waals surface area contributed by atoms with Crippen LogP contribution >= 0.6 is 0 Å². The van der Waals surface area contributed by atoms with Gasteiger partial charge in [0.15, 0.2) is 0 Å². The fraction of sp³-hybridized carbons (Fsp3) is 0.429. The van der Waals surface area contributed by atoms with Gasteiger partial charge >= 0.3 is 6.18 Å². The van der Waals surface area contributed by atoms with Crippen molar-refractivity contribution in [2.75, 3.05) is 11.4 Å². The van der Waals surface area contributed by atoms with Gasteiger partial charge in [-0.1, -0.05) is 6.07 Å². The Morgan fingerprint density at radius 1 is 1.29 bits per heavy atom. The van der Waals surface area contributed by atoms with Crippen LogP contribution in [0, 0.1) is 0 Å². The molecular weight excluding hydrogens is 285 g/mol. The number of halogens is 3. The Hall–Kier alpha value is -2.05. The summed E-state index contributed by atoms with van der Waals surface area (Å²) in [5.41, 5.74) is -0.827. The van der Waals surface area contributed by atoms with Crippen molar-refractivity contribution in [2.24, 2.45) is 0 Å².